The number of rotatable bonds is 3. The monoisotopic (exact) mass is 332 g/mol. The molecule has 0 spiro atoms. The number of aromatic nitrogens is 1. The van der Waals surface area contributed by atoms with E-state index in [1.54, 1.807) is 0 Å². The molecule has 3 N–H and O–H groups in total. The van der Waals surface area contributed by atoms with Gasteiger partial charge in [0, 0.05) is 10.9 Å². The number of benzene rings is 1. The van der Waals surface area contributed by atoms with E-state index in [1.807, 2.05) is 0 Å². The van der Waals surface area contributed by atoms with Crippen LogP contribution in [0.1, 0.15) is 29.5 Å². The fourth-order valence-electron chi connectivity index (χ4n) is 3.45. The van der Waals surface area contributed by atoms with Crippen LogP contribution in [-0.2, 0) is 11.3 Å². The first kappa shape index (κ1) is 16.2. The Balaban J connectivity index is 1.87. The molecular formula is C18H23ClN3O+. The van der Waals surface area contributed by atoms with E-state index in [4.69, 9.17) is 17.3 Å². The number of pyridine rings is 1. The van der Waals surface area contributed by atoms with Crippen LogP contribution in [0.25, 0.3) is 10.9 Å². The second-order valence-electron chi connectivity index (χ2n) is 6.64. The average Bonchev–Trinajstić information content (AvgIpc) is 2.53. The van der Waals surface area contributed by atoms with Crippen molar-refractivity contribution >= 4 is 28.4 Å². The fourth-order valence-corrected chi connectivity index (χ4v) is 3.66. The van der Waals surface area contributed by atoms with Gasteiger partial charge in [0.2, 0.25) is 5.91 Å². The number of hydrogen-bond donors (Lipinski definition) is 2. The first-order valence-electron chi connectivity index (χ1n) is 8.14. The third-order valence-corrected chi connectivity index (χ3v) is 5.33. The number of likely N-dealkylation sites (tertiary alicyclic amines) is 1. The molecule has 122 valence electrons. The number of nitrogens with one attached hydrogen (secondary N) is 1. The zero-order valence-electron chi connectivity index (χ0n) is 13.7. The van der Waals surface area contributed by atoms with Crippen molar-refractivity contribution in [3.05, 3.63) is 40.0 Å². The standard InChI is InChI=1S/C18H22ClN3O/c1-11-5-6-13-8-15(17(19)21-16(13)12(11)2)10-22-7-3-4-14(9-22)18(20)23/h5-6,8,14H,3-4,7,9-10H2,1-2H3,(H2,20,23)/p+1/t14-/m1/s1. The van der Waals surface area contributed by atoms with Crippen molar-refractivity contribution in [2.45, 2.75) is 33.2 Å². The number of carbonyl (C=O) groups excluding carboxylic acids is 1. The van der Waals surface area contributed by atoms with Crippen molar-refractivity contribution in [1.29, 1.82) is 0 Å². The van der Waals surface area contributed by atoms with E-state index >= 15 is 0 Å². The quantitative estimate of drug-likeness (QED) is 0.842. The van der Waals surface area contributed by atoms with E-state index < -0.39 is 0 Å². The van der Waals surface area contributed by atoms with Crippen molar-refractivity contribution in [2.24, 2.45) is 11.7 Å². The molecule has 4 nitrogen and oxygen atoms in total. The maximum atomic E-state index is 11.4. The van der Waals surface area contributed by atoms with E-state index in [2.05, 4.69) is 37.0 Å². The molecule has 1 aromatic carbocycles. The summed E-state index contributed by atoms with van der Waals surface area (Å²) < 4.78 is 0. The van der Waals surface area contributed by atoms with Crippen LogP contribution in [-0.4, -0.2) is 24.0 Å². The summed E-state index contributed by atoms with van der Waals surface area (Å²) in [6.45, 7) is 6.79. The van der Waals surface area contributed by atoms with Crippen molar-refractivity contribution in [1.82, 2.24) is 4.98 Å². The highest BCUT2D eigenvalue weighted by Gasteiger charge is 2.27. The van der Waals surface area contributed by atoms with Crippen LogP contribution in [0.15, 0.2) is 18.2 Å². The maximum Gasteiger partial charge on any atom is 0.226 e. The number of piperidine rings is 1. The van der Waals surface area contributed by atoms with Gasteiger partial charge in [-0.2, -0.15) is 0 Å². The van der Waals surface area contributed by atoms with Gasteiger partial charge in [-0.25, -0.2) is 4.98 Å². The van der Waals surface area contributed by atoms with E-state index in [-0.39, 0.29) is 11.8 Å². The van der Waals surface area contributed by atoms with Gasteiger partial charge in [0.15, 0.2) is 0 Å². The first-order valence-corrected chi connectivity index (χ1v) is 8.51. The number of primary amides is 1. The van der Waals surface area contributed by atoms with Gasteiger partial charge < -0.3 is 10.6 Å². The molecular weight excluding hydrogens is 310 g/mol. The number of amides is 1. The molecule has 1 amide bonds. The van der Waals surface area contributed by atoms with Gasteiger partial charge in [-0.3, -0.25) is 4.79 Å². The number of halogens is 1. The van der Waals surface area contributed by atoms with Crippen molar-refractivity contribution in [3.63, 3.8) is 0 Å². The van der Waals surface area contributed by atoms with E-state index in [0.717, 1.165) is 48.9 Å². The van der Waals surface area contributed by atoms with Gasteiger partial charge in [0.05, 0.1) is 24.5 Å². The number of quaternary nitrogens is 1. The van der Waals surface area contributed by atoms with Gasteiger partial charge in [0.25, 0.3) is 0 Å². The van der Waals surface area contributed by atoms with E-state index in [1.165, 1.54) is 16.0 Å². The zero-order chi connectivity index (χ0) is 16.6. The molecule has 2 aromatic rings. The number of fused-ring (bicyclic) bond motifs is 1. The van der Waals surface area contributed by atoms with Crippen LogP contribution in [0.3, 0.4) is 0 Å². The summed E-state index contributed by atoms with van der Waals surface area (Å²) in [5, 5.41) is 1.69. The molecule has 1 aliphatic rings. The summed E-state index contributed by atoms with van der Waals surface area (Å²) >= 11 is 6.43. The van der Waals surface area contributed by atoms with Gasteiger partial charge in [-0.15, -0.1) is 0 Å². The molecule has 0 radical (unpaired) electrons. The Labute approximate surface area is 141 Å². The maximum absolute atomic E-state index is 11.4. The Morgan fingerprint density at radius 3 is 2.96 bits per heavy atom. The molecule has 1 saturated heterocycles. The Hall–Kier alpha value is -1.65. The largest absolute Gasteiger partial charge is 0.369 e. The first-order chi connectivity index (χ1) is 11.0. The zero-order valence-corrected chi connectivity index (χ0v) is 14.4. The summed E-state index contributed by atoms with van der Waals surface area (Å²) in [4.78, 5) is 17.4. The number of carbonyl (C=O) groups is 1. The minimum atomic E-state index is -0.184. The SMILES string of the molecule is Cc1ccc2cc(C[NH+]3CCC[C@@H](C(N)=O)C3)c(Cl)nc2c1C. The third-order valence-electron chi connectivity index (χ3n) is 5.00. The average molecular weight is 333 g/mol. The normalized spacial score (nSPS) is 21.5. The summed E-state index contributed by atoms with van der Waals surface area (Å²) in [7, 11) is 0. The van der Waals surface area contributed by atoms with Crippen molar-refractivity contribution < 1.29 is 9.69 Å². The van der Waals surface area contributed by atoms with Gasteiger partial charge >= 0.3 is 0 Å². The predicted molar refractivity (Wildman–Crippen MR) is 92.5 cm³/mol. The summed E-state index contributed by atoms with van der Waals surface area (Å²) in [6, 6.07) is 6.36. The topological polar surface area (TPSA) is 60.4 Å². The number of nitrogens with zero attached hydrogens (tertiary/aromatic N) is 1. The Morgan fingerprint density at radius 1 is 1.43 bits per heavy atom. The summed E-state index contributed by atoms with van der Waals surface area (Å²) in [5.74, 6) is -0.202. The van der Waals surface area contributed by atoms with Crippen LogP contribution < -0.4 is 10.6 Å². The van der Waals surface area contributed by atoms with E-state index in [0.29, 0.717) is 5.15 Å². The van der Waals surface area contributed by atoms with Crippen molar-refractivity contribution in [3.8, 4) is 0 Å². The minimum absolute atomic E-state index is 0.0177. The van der Waals surface area contributed by atoms with Crippen LogP contribution in [0.5, 0.6) is 0 Å². The highest BCUT2D eigenvalue weighted by atomic mass is 35.5. The fraction of sp³-hybridized carbons (Fsp3) is 0.444. The molecule has 23 heavy (non-hydrogen) atoms. The molecule has 1 aliphatic heterocycles. The lowest BCUT2D eigenvalue weighted by atomic mass is 9.97. The molecule has 1 aromatic heterocycles. The highest BCUT2D eigenvalue weighted by Crippen LogP contribution is 2.24. The molecule has 0 aliphatic carbocycles. The molecule has 0 bridgehead atoms. The summed E-state index contributed by atoms with van der Waals surface area (Å²) in [6.07, 6.45) is 1.93. The molecule has 3 rings (SSSR count). The van der Waals surface area contributed by atoms with Crippen LogP contribution in [0, 0.1) is 19.8 Å². The molecule has 2 atom stereocenters. The van der Waals surface area contributed by atoms with E-state index in [9.17, 15) is 4.79 Å². The Morgan fingerprint density at radius 2 is 2.22 bits per heavy atom. The minimum Gasteiger partial charge on any atom is -0.369 e. The second-order valence-corrected chi connectivity index (χ2v) is 7.00. The molecule has 5 heteroatoms. The molecule has 1 fully saturated rings. The number of aryl methyl sites for hydroxylation is 2. The lowest BCUT2D eigenvalue weighted by Crippen LogP contribution is -3.12. The lowest BCUT2D eigenvalue weighted by Gasteiger charge is -2.28. The Kier molecular flexibility index (Phi) is 4.55. The summed E-state index contributed by atoms with van der Waals surface area (Å²) in [5.41, 5.74) is 9.88. The smallest absolute Gasteiger partial charge is 0.226 e. The third kappa shape index (κ3) is 3.33. The van der Waals surface area contributed by atoms with Gasteiger partial charge in [-0.05, 0) is 43.9 Å². The number of hydrogen-bond acceptors (Lipinski definition) is 2. The molecule has 2 heterocycles. The highest BCUT2D eigenvalue weighted by molar-refractivity contribution is 6.30. The Bertz CT molecular complexity index is 760. The predicted octanol–water partition coefficient (Wildman–Crippen LogP) is 1.79. The van der Waals surface area contributed by atoms with Crippen LogP contribution in [0.2, 0.25) is 5.15 Å². The number of nitrogens with two attached hydrogens (primary N) is 1. The lowest BCUT2D eigenvalue weighted by molar-refractivity contribution is -0.921. The molecule has 1 unspecified atom stereocenters. The van der Waals surface area contributed by atoms with Gasteiger partial charge in [0.1, 0.15) is 11.7 Å². The van der Waals surface area contributed by atoms with Crippen LogP contribution in [0.4, 0.5) is 0 Å². The second kappa shape index (κ2) is 6.46. The van der Waals surface area contributed by atoms with Crippen molar-refractivity contribution in [2.75, 3.05) is 13.1 Å². The van der Waals surface area contributed by atoms with Gasteiger partial charge in [-0.1, -0.05) is 23.7 Å². The molecule has 0 saturated carbocycles. The van der Waals surface area contributed by atoms with Crippen LogP contribution >= 0.6 is 11.6 Å².